The molecule has 170 valence electrons. The molecule has 0 amide bonds. The smallest absolute Gasteiger partial charge is 0.157 e. The molecule has 5 heteroatoms. The highest BCUT2D eigenvalue weighted by Crippen LogP contribution is 2.68. The molecule has 2 aromatic rings. The van der Waals surface area contributed by atoms with Crippen molar-refractivity contribution >= 4 is 16.8 Å². The maximum Gasteiger partial charge on any atom is 0.157 e. The lowest BCUT2D eigenvalue weighted by molar-refractivity contribution is -0.131. The largest absolute Gasteiger partial charge is 0.390 e. The van der Waals surface area contributed by atoms with Crippen LogP contribution in [0.2, 0.25) is 0 Å². The van der Waals surface area contributed by atoms with Gasteiger partial charge < -0.3 is 5.11 Å². The summed E-state index contributed by atoms with van der Waals surface area (Å²) in [6.07, 6.45) is 14.5. The standard InChI is InChI=1S/C27H35N3O2/c1-26-10-8-16-17-9-11-27(32)13-22(27)19(17)5-4-18(16)20(26)6-7-21(26)25(31)15-30-14-24-23(29-30)3-2-12-28-24/h2-3,12,14,16-22,32H,4-11,13,15H2,1H3/t16-,17-,18-,19-,20+,21-,22?,26+,27+/m1/s1. The number of ketones is 1. The second-order valence-electron chi connectivity index (χ2n) is 12.2. The van der Waals surface area contributed by atoms with Gasteiger partial charge in [-0.15, -0.1) is 0 Å². The highest BCUT2D eigenvalue weighted by molar-refractivity contribution is 5.82. The molecular formula is C27H35N3O2. The van der Waals surface area contributed by atoms with Crippen LogP contribution in [0, 0.1) is 46.8 Å². The maximum atomic E-state index is 13.5. The van der Waals surface area contributed by atoms with Gasteiger partial charge in [-0.25, -0.2) is 0 Å². The van der Waals surface area contributed by atoms with Gasteiger partial charge in [-0.2, -0.15) is 5.10 Å². The molecular weight excluding hydrogens is 398 g/mol. The summed E-state index contributed by atoms with van der Waals surface area (Å²) in [5, 5.41) is 15.3. The van der Waals surface area contributed by atoms with E-state index < -0.39 is 0 Å². The Morgan fingerprint density at radius 3 is 2.62 bits per heavy atom. The molecule has 32 heavy (non-hydrogen) atoms. The maximum absolute atomic E-state index is 13.5. The van der Waals surface area contributed by atoms with Gasteiger partial charge in [-0.1, -0.05) is 6.92 Å². The average molecular weight is 434 g/mol. The van der Waals surface area contributed by atoms with E-state index in [-0.39, 0.29) is 16.9 Å². The van der Waals surface area contributed by atoms with Gasteiger partial charge in [-0.05, 0) is 111 Å². The molecule has 2 aromatic heterocycles. The molecule has 5 aliphatic carbocycles. The van der Waals surface area contributed by atoms with Crippen LogP contribution in [0.25, 0.3) is 11.0 Å². The zero-order valence-electron chi connectivity index (χ0n) is 19.1. The number of rotatable bonds is 3. The molecule has 5 saturated carbocycles. The van der Waals surface area contributed by atoms with Gasteiger partial charge in [-0.3, -0.25) is 14.5 Å². The molecule has 1 N–H and O–H groups in total. The Kier molecular flexibility index (Phi) is 4.09. The van der Waals surface area contributed by atoms with Crippen LogP contribution in [0.1, 0.15) is 64.7 Å². The number of hydrogen-bond donors (Lipinski definition) is 1. The number of fused-ring (bicyclic) bond motifs is 8. The molecule has 7 rings (SSSR count). The number of carbonyl (C=O) groups excluding carboxylic acids is 1. The van der Waals surface area contributed by atoms with E-state index in [4.69, 9.17) is 0 Å². The Morgan fingerprint density at radius 1 is 1.03 bits per heavy atom. The SMILES string of the molecule is C[C@]12CC[C@@H]3[C@H]4CC[C@]5(O)CC5[C@@H]4CC[C@H]3[C@@H]1CC[C@@H]2C(=O)Cn1cc2ncccc2n1. The van der Waals surface area contributed by atoms with E-state index in [0.29, 0.717) is 24.2 Å². The van der Waals surface area contributed by atoms with E-state index in [9.17, 15) is 9.90 Å². The highest BCUT2D eigenvalue weighted by Gasteiger charge is 2.65. The lowest BCUT2D eigenvalue weighted by Gasteiger charge is -2.56. The molecule has 2 heterocycles. The third-order valence-corrected chi connectivity index (χ3v) is 11.0. The van der Waals surface area contributed by atoms with Crippen molar-refractivity contribution in [3.8, 4) is 0 Å². The predicted molar refractivity (Wildman–Crippen MR) is 122 cm³/mol. The number of nitrogens with zero attached hydrogens (tertiary/aromatic N) is 3. The van der Waals surface area contributed by atoms with Gasteiger partial charge in [0, 0.05) is 12.1 Å². The van der Waals surface area contributed by atoms with E-state index in [1.54, 1.807) is 6.20 Å². The van der Waals surface area contributed by atoms with Gasteiger partial charge >= 0.3 is 0 Å². The van der Waals surface area contributed by atoms with Crippen LogP contribution in [0.15, 0.2) is 24.5 Å². The molecule has 0 bridgehead atoms. The minimum Gasteiger partial charge on any atom is -0.390 e. The first-order valence-corrected chi connectivity index (χ1v) is 13.0. The van der Waals surface area contributed by atoms with Crippen molar-refractivity contribution < 1.29 is 9.90 Å². The van der Waals surface area contributed by atoms with Crippen molar-refractivity contribution in [3.63, 3.8) is 0 Å². The fourth-order valence-electron chi connectivity index (χ4n) is 9.46. The lowest BCUT2D eigenvalue weighted by Crippen LogP contribution is -2.50. The zero-order valence-corrected chi connectivity index (χ0v) is 19.1. The van der Waals surface area contributed by atoms with Crippen LogP contribution >= 0.6 is 0 Å². The third kappa shape index (κ3) is 2.69. The molecule has 0 aromatic carbocycles. The summed E-state index contributed by atoms with van der Waals surface area (Å²) in [6, 6.07) is 3.86. The second-order valence-corrected chi connectivity index (χ2v) is 12.2. The molecule has 0 spiro atoms. The molecule has 0 aliphatic heterocycles. The van der Waals surface area contributed by atoms with Crippen LogP contribution in [0.5, 0.6) is 0 Å². The van der Waals surface area contributed by atoms with Crippen molar-refractivity contribution in [2.75, 3.05) is 0 Å². The van der Waals surface area contributed by atoms with Gasteiger partial charge in [0.2, 0.25) is 0 Å². The van der Waals surface area contributed by atoms with Gasteiger partial charge in [0.25, 0.3) is 0 Å². The third-order valence-electron chi connectivity index (χ3n) is 11.0. The Balaban J connectivity index is 1.09. The topological polar surface area (TPSA) is 68.0 Å². The van der Waals surface area contributed by atoms with E-state index in [2.05, 4.69) is 17.0 Å². The predicted octanol–water partition coefficient (Wildman–Crippen LogP) is 4.63. The average Bonchev–Trinajstić information content (AvgIpc) is 3.13. The van der Waals surface area contributed by atoms with Crippen molar-refractivity contribution in [2.45, 2.75) is 76.9 Å². The summed E-state index contributed by atoms with van der Waals surface area (Å²) < 4.78 is 1.81. The van der Waals surface area contributed by atoms with E-state index in [1.807, 2.05) is 23.0 Å². The van der Waals surface area contributed by atoms with Gasteiger partial charge in [0.1, 0.15) is 11.0 Å². The number of carbonyl (C=O) groups is 1. The summed E-state index contributed by atoms with van der Waals surface area (Å²) in [5.41, 5.74) is 1.60. The Morgan fingerprint density at radius 2 is 1.81 bits per heavy atom. The number of aromatic nitrogens is 3. The number of Topliss-reactive ketones (excluding diaryl/α,β-unsaturated/α-hetero) is 1. The van der Waals surface area contributed by atoms with Crippen LogP contribution in [0.4, 0.5) is 0 Å². The number of hydrogen-bond acceptors (Lipinski definition) is 4. The monoisotopic (exact) mass is 433 g/mol. The Bertz CT molecular complexity index is 1050. The minimum atomic E-state index is -0.283. The Labute approximate surface area is 190 Å². The molecule has 5 nitrogen and oxygen atoms in total. The first-order valence-electron chi connectivity index (χ1n) is 13.0. The first kappa shape index (κ1) is 19.7. The second kappa shape index (κ2) is 6.65. The summed E-state index contributed by atoms with van der Waals surface area (Å²) in [6.45, 7) is 2.82. The summed E-state index contributed by atoms with van der Waals surface area (Å²) in [5.74, 6) is 5.11. The fraction of sp³-hybridized carbons (Fsp3) is 0.741. The van der Waals surface area contributed by atoms with Crippen molar-refractivity contribution in [1.29, 1.82) is 0 Å². The van der Waals surface area contributed by atoms with Crippen molar-refractivity contribution in [1.82, 2.24) is 14.8 Å². The molecule has 0 saturated heterocycles. The quantitative estimate of drug-likeness (QED) is 0.766. The minimum absolute atomic E-state index is 0.158. The highest BCUT2D eigenvalue weighted by atomic mass is 16.3. The van der Waals surface area contributed by atoms with Crippen molar-refractivity contribution in [2.24, 2.45) is 46.8 Å². The van der Waals surface area contributed by atoms with E-state index >= 15 is 0 Å². The molecule has 5 aliphatic rings. The summed E-state index contributed by atoms with van der Waals surface area (Å²) in [7, 11) is 0. The van der Waals surface area contributed by atoms with Crippen LogP contribution in [-0.2, 0) is 11.3 Å². The summed E-state index contributed by atoms with van der Waals surface area (Å²) >= 11 is 0. The number of aliphatic hydroxyl groups is 1. The van der Waals surface area contributed by atoms with E-state index in [0.717, 1.165) is 54.0 Å². The normalized spacial score (nSPS) is 46.8. The van der Waals surface area contributed by atoms with Crippen LogP contribution < -0.4 is 0 Å². The lowest BCUT2D eigenvalue weighted by atomic mass is 9.49. The molecule has 9 atom stereocenters. The zero-order chi connectivity index (χ0) is 21.7. The van der Waals surface area contributed by atoms with Gasteiger partial charge in [0.05, 0.1) is 18.3 Å². The molecule has 1 unspecified atom stereocenters. The van der Waals surface area contributed by atoms with Crippen molar-refractivity contribution in [3.05, 3.63) is 24.5 Å². The first-order chi connectivity index (χ1) is 15.5. The fourth-order valence-corrected chi connectivity index (χ4v) is 9.46. The van der Waals surface area contributed by atoms with Gasteiger partial charge in [0.15, 0.2) is 5.78 Å². The molecule has 0 radical (unpaired) electrons. The summed E-state index contributed by atoms with van der Waals surface area (Å²) in [4.78, 5) is 17.9. The Hall–Kier alpha value is -1.75. The molecule has 5 fully saturated rings. The van der Waals surface area contributed by atoms with Crippen LogP contribution in [-0.4, -0.2) is 31.3 Å². The number of pyridine rings is 1. The van der Waals surface area contributed by atoms with Crippen LogP contribution in [0.3, 0.4) is 0 Å². The van der Waals surface area contributed by atoms with E-state index in [1.165, 1.54) is 38.5 Å².